The molecule has 1 heterocycles. The van der Waals surface area contributed by atoms with Crippen LogP contribution in [-0.2, 0) is 0 Å². The number of imidazole rings is 1. The molecule has 0 aliphatic rings. The summed E-state index contributed by atoms with van der Waals surface area (Å²) in [4.78, 5) is 6.42. The summed E-state index contributed by atoms with van der Waals surface area (Å²) >= 11 is 0. The summed E-state index contributed by atoms with van der Waals surface area (Å²) in [6.45, 7) is 6.86. The van der Waals surface area contributed by atoms with Crippen molar-refractivity contribution >= 4 is 7.92 Å². The Morgan fingerprint density at radius 2 is 1.46 bits per heavy atom. The van der Waals surface area contributed by atoms with Crippen LogP contribution in [0, 0.1) is 0 Å². The molecule has 1 aromatic rings. The molecule has 0 saturated carbocycles. The average molecular weight is 356 g/mol. The lowest BCUT2D eigenvalue weighted by Crippen LogP contribution is -2.20. The molecule has 0 aliphatic carbocycles. The van der Waals surface area contributed by atoms with E-state index in [4.69, 9.17) is 5.73 Å². The summed E-state index contributed by atoms with van der Waals surface area (Å²) in [5.74, 6) is 0.526. The average Bonchev–Trinajstić information content (AvgIpc) is 3.18. The molecule has 0 spiro atoms. The Bertz CT molecular complexity index is 287. The van der Waals surface area contributed by atoms with Crippen molar-refractivity contribution in [3.8, 4) is 0 Å². The predicted octanol–water partition coefficient (Wildman–Crippen LogP) is 6.51. The van der Waals surface area contributed by atoms with Crippen molar-refractivity contribution in [2.75, 3.05) is 12.3 Å². The second-order valence-corrected chi connectivity index (χ2v) is 9.36. The Morgan fingerprint density at radius 1 is 0.875 bits per heavy atom. The topological polar surface area (TPSA) is 54.7 Å². The zero-order valence-corrected chi connectivity index (χ0v) is 17.4. The fraction of sp³-hybridized carbons (Fsp3) is 0.850. The number of aromatic amines is 1. The zero-order valence-electron chi connectivity index (χ0n) is 16.5. The third kappa shape index (κ3) is 15.1. The highest BCUT2D eigenvalue weighted by Gasteiger charge is 2.15. The van der Waals surface area contributed by atoms with Crippen molar-refractivity contribution in [2.24, 2.45) is 5.73 Å². The predicted molar refractivity (Wildman–Crippen MR) is 111 cm³/mol. The van der Waals surface area contributed by atoms with E-state index in [0.717, 1.165) is 0 Å². The minimum atomic E-state index is 0.111. The Hall–Kier alpha value is -0.400. The smallest absolute Gasteiger partial charge is 0.0919 e. The number of hydrogen-bond donors (Lipinski definition) is 2. The van der Waals surface area contributed by atoms with E-state index in [0.29, 0.717) is 5.78 Å². The molecule has 3 nitrogen and oxygen atoms in total. The largest absolute Gasteiger partial charge is 0.351 e. The van der Waals surface area contributed by atoms with Gasteiger partial charge in [0.25, 0.3) is 0 Å². The van der Waals surface area contributed by atoms with Crippen LogP contribution in [0.2, 0.25) is 0 Å². The number of H-pyrrole nitrogens is 1. The Morgan fingerprint density at radius 3 is 1.83 bits per heavy atom. The molecule has 142 valence electrons. The van der Waals surface area contributed by atoms with Crippen LogP contribution in [-0.4, -0.2) is 28.1 Å². The van der Waals surface area contributed by atoms with E-state index in [1.165, 1.54) is 83.0 Å². The van der Waals surface area contributed by atoms with Gasteiger partial charge in [-0.15, -0.1) is 0 Å². The van der Waals surface area contributed by atoms with E-state index in [1.807, 2.05) is 0 Å². The van der Waals surface area contributed by atoms with Crippen molar-refractivity contribution in [1.29, 1.82) is 0 Å². The molecule has 0 fully saturated rings. The van der Waals surface area contributed by atoms with Crippen molar-refractivity contribution in [2.45, 2.75) is 97.2 Å². The van der Waals surface area contributed by atoms with Gasteiger partial charge in [-0.05, 0) is 31.6 Å². The number of nitrogens with two attached hydrogens (primary N) is 1. The minimum absolute atomic E-state index is 0.111. The summed E-state index contributed by atoms with van der Waals surface area (Å²) in [7, 11) is 0.111. The van der Waals surface area contributed by atoms with Crippen molar-refractivity contribution in [3.63, 3.8) is 0 Å². The molecule has 24 heavy (non-hydrogen) atoms. The van der Waals surface area contributed by atoms with E-state index in [1.54, 1.807) is 18.7 Å². The van der Waals surface area contributed by atoms with Crippen molar-refractivity contribution in [3.05, 3.63) is 18.7 Å². The zero-order chi connectivity index (χ0) is 17.9. The molecule has 0 bridgehead atoms. The third-order valence-corrected chi connectivity index (χ3v) is 7.30. The number of nitrogens with one attached hydrogen (secondary N) is 1. The Balaban J connectivity index is 0.000000889. The van der Waals surface area contributed by atoms with E-state index < -0.39 is 0 Å². The molecule has 0 saturated heterocycles. The summed E-state index contributed by atoms with van der Waals surface area (Å²) in [6.07, 6.45) is 23.0. The van der Waals surface area contributed by atoms with E-state index in [9.17, 15) is 0 Å². The van der Waals surface area contributed by atoms with Gasteiger partial charge < -0.3 is 10.7 Å². The lowest BCUT2D eigenvalue weighted by atomic mass is 10.2. The summed E-state index contributed by atoms with van der Waals surface area (Å²) in [5, 5.41) is 0. The maximum Gasteiger partial charge on any atom is 0.0919 e. The van der Waals surface area contributed by atoms with Gasteiger partial charge in [0.2, 0.25) is 0 Å². The highest BCUT2D eigenvalue weighted by Crippen LogP contribution is 2.43. The Labute approximate surface area is 152 Å². The number of aromatic nitrogens is 2. The first-order valence-electron chi connectivity index (χ1n) is 10.2. The van der Waals surface area contributed by atoms with Gasteiger partial charge in [-0.25, -0.2) is 4.98 Å². The molecule has 0 amide bonds. The number of nitrogens with zero attached hydrogens (tertiary/aromatic N) is 1. The first-order chi connectivity index (χ1) is 11.8. The lowest BCUT2D eigenvalue weighted by Gasteiger charge is -2.25. The first kappa shape index (κ1) is 23.6. The monoisotopic (exact) mass is 355 g/mol. The van der Waals surface area contributed by atoms with Crippen LogP contribution < -0.4 is 5.73 Å². The van der Waals surface area contributed by atoms with Crippen LogP contribution >= 0.6 is 7.92 Å². The molecule has 3 N–H and O–H groups in total. The fourth-order valence-corrected chi connectivity index (χ4v) is 5.43. The molecule has 0 aliphatic heterocycles. The Kier molecular flexibility index (Phi) is 18.6. The minimum Gasteiger partial charge on any atom is -0.351 e. The van der Waals surface area contributed by atoms with Crippen LogP contribution in [0.4, 0.5) is 0 Å². The van der Waals surface area contributed by atoms with Gasteiger partial charge in [-0.3, -0.25) is 0 Å². The van der Waals surface area contributed by atoms with Crippen LogP contribution in [0.25, 0.3) is 0 Å². The van der Waals surface area contributed by atoms with Crippen LogP contribution in [0.15, 0.2) is 18.7 Å². The molecule has 1 aromatic heterocycles. The molecule has 1 unspecified atom stereocenters. The van der Waals surface area contributed by atoms with Crippen LogP contribution in [0.3, 0.4) is 0 Å². The van der Waals surface area contributed by atoms with Crippen LogP contribution in [0.1, 0.15) is 91.4 Å². The summed E-state index contributed by atoms with van der Waals surface area (Å²) in [5.41, 5.74) is 6.46. The lowest BCUT2D eigenvalue weighted by molar-refractivity contribution is 0.670. The maximum atomic E-state index is 6.46. The normalized spacial score (nSPS) is 12.0. The molecule has 0 aromatic carbocycles. The van der Waals surface area contributed by atoms with E-state index >= 15 is 0 Å². The van der Waals surface area contributed by atoms with Gasteiger partial charge in [0.05, 0.1) is 6.33 Å². The highest BCUT2D eigenvalue weighted by molar-refractivity contribution is 7.58. The molecular weight excluding hydrogens is 313 g/mol. The van der Waals surface area contributed by atoms with Crippen molar-refractivity contribution in [1.82, 2.24) is 9.97 Å². The fourth-order valence-electron chi connectivity index (χ4n) is 2.74. The second kappa shape index (κ2) is 18.9. The first-order valence-corrected chi connectivity index (χ1v) is 12.0. The maximum absolute atomic E-state index is 6.46. The van der Waals surface area contributed by atoms with E-state index in [-0.39, 0.29) is 7.92 Å². The molecular formula is C20H42N3P. The van der Waals surface area contributed by atoms with Gasteiger partial charge in [0.1, 0.15) is 0 Å². The molecule has 0 radical (unpaired) electrons. The van der Waals surface area contributed by atoms with Crippen molar-refractivity contribution < 1.29 is 0 Å². The van der Waals surface area contributed by atoms with Gasteiger partial charge in [-0.1, -0.05) is 80.1 Å². The third-order valence-electron chi connectivity index (χ3n) is 4.33. The summed E-state index contributed by atoms with van der Waals surface area (Å²) < 4.78 is 0. The number of unbranched alkanes of at least 4 members (excludes halogenated alkanes) is 7. The molecule has 4 heteroatoms. The standard InChI is InChI=1S/C17H38NP.C3H4N2/c1-4-7-10-12-15-19(16-13-11-8-5-2)17(18)14-9-6-3;1-2-5-3-4-1/h17H,4-16,18H2,1-3H3;1-3H,(H,4,5). The second-order valence-electron chi connectivity index (χ2n) is 6.63. The molecule has 1 atom stereocenters. The van der Waals surface area contributed by atoms with Gasteiger partial charge in [-0.2, -0.15) is 0 Å². The number of rotatable bonds is 14. The number of hydrogen-bond acceptors (Lipinski definition) is 2. The van der Waals surface area contributed by atoms with Gasteiger partial charge in [0, 0.05) is 18.2 Å². The highest BCUT2D eigenvalue weighted by atomic mass is 31.1. The van der Waals surface area contributed by atoms with Gasteiger partial charge in [0.15, 0.2) is 0 Å². The quantitative estimate of drug-likeness (QED) is 0.295. The van der Waals surface area contributed by atoms with E-state index in [2.05, 4.69) is 30.7 Å². The van der Waals surface area contributed by atoms with Crippen LogP contribution in [0.5, 0.6) is 0 Å². The van der Waals surface area contributed by atoms with Gasteiger partial charge >= 0.3 is 0 Å². The SMILES string of the molecule is CCCCCCP(CCCCCC)C(N)CCCC.c1c[nH]cn1. The molecule has 1 rings (SSSR count). The summed E-state index contributed by atoms with van der Waals surface area (Å²) in [6, 6.07) is 0.